The molecule has 0 aromatic heterocycles. The Bertz CT molecular complexity index is 1310. The van der Waals surface area contributed by atoms with Crippen LogP contribution in [0.15, 0.2) is 71.6 Å². The Balaban J connectivity index is 1.62. The van der Waals surface area contributed by atoms with Gasteiger partial charge in [-0.2, -0.15) is 0 Å². The molecule has 1 saturated carbocycles. The van der Waals surface area contributed by atoms with Gasteiger partial charge in [-0.15, -0.1) is 0 Å². The van der Waals surface area contributed by atoms with Crippen LogP contribution >= 0.6 is 0 Å². The monoisotopic (exact) mass is 497 g/mol. The number of carbonyl (C=O) groups is 1. The van der Waals surface area contributed by atoms with Crippen LogP contribution in [0.25, 0.3) is 0 Å². The summed E-state index contributed by atoms with van der Waals surface area (Å²) in [4.78, 5) is 17.1. The van der Waals surface area contributed by atoms with Crippen LogP contribution < -0.4 is 14.4 Å². The minimum Gasteiger partial charge on any atom is -0.497 e. The molecule has 1 fully saturated rings. The maximum atomic E-state index is 13.4. The minimum atomic E-state index is -3.82. The molecule has 35 heavy (non-hydrogen) atoms. The standard InChI is InChI=1S/C26H28FN3O4S/c1-29(2)25-15-8-21(28-35(32,33)24-13-11-23(34-3)12-14-24)16-19(25)17-30(22-9-10-22)26(31)18-4-6-20(27)7-5-18/h4-8,11-16,22,28H,9-10,17H2,1-3H3. The van der Waals surface area contributed by atoms with Crippen molar-refractivity contribution in [2.75, 3.05) is 30.8 Å². The van der Waals surface area contributed by atoms with Gasteiger partial charge in [-0.25, -0.2) is 12.8 Å². The first-order chi connectivity index (χ1) is 16.7. The molecule has 0 spiro atoms. The highest BCUT2D eigenvalue weighted by Gasteiger charge is 2.33. The van der Waals surface area contributed by atoms with Crippen LogP contribution in [0.5, 0.6) is 5.75 Å². The van der Waals surface area contributed by atoms with Gasteiger partial charge in [0.1, 0.15) is 11.6 Å². The van der Waals surface area contributed by atoms with Crippen LogP contribution in [-0.2, 0) is 16.6 Å². The molecule has 0 atom stereocenters. The van der Waals surface area contributed by atoms with Crippen molar-refractivity contribution >= 4 is 27.3 Å². The summed E-state index contributed by atoms with van der Waals surface area (Å²) in [6, 6.07) is 17.0. The maximum Gasteiger partial charge on any atom is 0.261 e. The minimum absolute atomic E-state index is 0.0993. The fourth-order valence-electron chi connectivity index (χ4n) is 3.88. The van der Waals surface area contributed by atoms with Crippen LogP contribution in [0.2, 0.25) is 0 Å². The summed E-state index contributed by atoms with van der Waals surface area (Å²) in [5.41, 5.74) is 2.48. The van der Waals surface area contributed by atoms with Gasteiger partial charge in [0, 0.05) is 43.6 Å². The molecule has 0 unspecified atom stereocenters. The Morgan fingerprint density at radius 3 is 2.26 bits per heavy atom. The lowest BCUT2D eigenvalue weighted by atomic mass is 10.1. The molecule has 1 N–H and O–H groups in total. The molecule has 9 heteroatoms. The summed E-state index contributed by atoms with van der Waals surface area (Å²) in [6.07, 6.45) is 1.79. The second kappa shape index (κ2) is 9.95. The van der Waals surface area contributed by atoms with E-state index in [0.29, 0.717) is 23.5 Å². The summed E-state index contributed by atoms with van der Waals surface area (Å²) < 4.78 is 47.0. The normalized spacial score (nSPS) is 13.3. The molecule has 7 nitrogen and oxygen atoms in total. The average Bonchev–Trinajstić information content (AvgIpc) is 3.67. The number of nitrogens with one attached hydrogen (secondary N) is 1. The lowest BCUT2D eigenvalue weighted by Gasteiger charge is -2.26. The van der Waals surface area contributed by atoms with E-state index in [-0.39, 0.29) is 16.8 Å². The molecule has 3 aromatic rings. The number of sulfonamides is 1. The summed E-state index contributed by atoms with van der Waals surface area (Å²) in [5, 5.41) is 0. The Morgan fingerprint density at radius 1 is 1.03 bits per heavy atom. The zero-order valence-electron chi connectivity index (χ0n) is 19.9. The predicted octanol–water partition coefficient (Wildman–Crippen LogP) is 4.51. The first-order valence-corrected chi connectivity index (χ1v) is 12.7. The van der Waals surface area contributed by atoms with E-state index in [4.69, 9.17) is 4.74 Å². The molecule has 1 aliphatic carbocycles. The molecule has 0 bridgehead atoms. The smallest absolute Gasteiger partial charge is 0.261 e. The molecule has 0 radical (unpaired) electrons. The lowest BCUT2D eigenvalue weighted by Crippen LogP contribution is -2.33. The number of hydrogen-bond acceptors (Lipinski definition) is 5. The third-order valence-electron chi connectivity index (χ3n) is 5.86. The summed E-state index contributed by atoms with van der Waals surface area (Å²) in [6.45, 7) is 0.298. The van der Waals surface area contributed by atoms with Gasteiger partial charge in [-0.1, -0.05) is 0 Å². The van der Waals surface area contributed by atoms with Gasteiger partial charge >= 0.3 is 0 Å². The molecule has 1 aliphatic rings. The largest absolute Gasteiger partial charge is 0.497 e. The van der Waals surface area contributed by atoms with Crippen LogP contribution in [0.3, 0.4) is 0 Å². The summed E-state index contributed by atoms with van der Waals surface area (Å²) in [7, 11) is 1.48. The van der Waals surface area contributed by atoms with Gasteiger partial charge in [-0.3, -0.25) is 9.52 Å². The van der Waals surface area contributed by atoms with Crippen molar-refractivity contribution in [2.45, 2.75) is 30.3 Å². The average molecular weight is 498 g/mol. The summed E-state index contributed by atoms with van der Waals surface area (Å²) in [5.74, 6) is -0.0137. The van der Waals surface area contributed by atoms with E-state index in [1.54, 1.807) is 29.2 Å². The molecule has 1 amide bonds. The number of methoxy groups -OCH3 is 1. The quantitative estimate of drug-likeness (QED) is 0.471. The van der Waals surface area contributed by atoms with Crippen LogP contribution in [0, 0.1) is 5.82 Å². The van der Waals surface area contributed by atoms with Gasteiger partial charge in [0.2, 0.25) is 0 Å². The van der Waals surface area contributed by atoms with Crippen LogP contribution in [0.4, 0.5) is 15.8 Å². The van der Waals surface area contributed by atoms with Gasteiger partial charge in [0.05, 0.1) is 12.0 Å². The van der Waals surface area contributed by atoms with Gasteiger partial charge in [0.25, 0.3) is 15.9 Å². The van der Waals surface area contributed by atoms with Crippen molar-refractivity contribution in [3.8, 4) is 5.75 Å². The first-order valence-electron chi connectivity index (χ1n) is 11.2. The highest BCUT2D eigenvalue weighted by molar-refractivity contribution is 7.92. The molecule has 184 valence electrons. The Morgan fingerprint density at radius 2 is 1.69 bits per heavy atom. The number of benzene rings is 3. The number of ether oxygens (including phenoxy) is 1. The number of rotatable bonds is 9. The zero-order valence-corrected chi connectivity index (χ0v) is 20.7. The molecular weight excluding hydrogens is 469 g/mol. The number of hydrogen-bond donors (Lipinski definition) is 1. The van der Waals surface area contributed by atoms with Crippen LogP contribution in [-0.4, -0.2) is 46.5 Å². The number of amides is 1. The SMILES string of the molecule is COc1ccc(S(=O)(=O)Nc2ccc(N(C)C)c(CN(C(=O)c3ccc(F)cc3)C3CC3)c2)cc1. The molecule has 0 saturated heterocycles. The third-order valence-corrected chi connectivity index (χ3v) is 7.26. The van der Waals surface area contributed by atoms with Crippen molar-refractivity contribution in [1.82, 2.24) is 4.90 Å². The molecule has 4 rings (SSSR count). The first kappa shape index (κ1) is 24.5. The van der Waals surface area contributed by atoms with Crippen molar-refractivity contribution in [3.63, 3.8) is 0 Å². The van der Waals surface area contributed by atoms with E-state index in [1.807, 2.05) is 25.1 Å². The van der Waals surface area contributed by atoms with E-state index < -0.39 is 15.8 Å². The van der Waals surface area contributed by atoms with Crippen molar-refractivity contribution < 1.29 is 22.3 Å². The van der Waals surface area contributed by atoms with E-state index in [9.17, 15) is 17.6 Å². The van der Waals surface area contributed by atoms with Gasteiger partial charge in [-0.05, 0) is 85.1 Å². The van der Waals surface area contributed by atoms with Gasteiger partial charge in [0.15, 0.2) is 0 Å². The van der Waals surface area contributed by atoms with Crippen molar-refractivity contribution in [1.29, 1.82) is 0 Å². The second-order valence-electron chi connectivity index (χ2n) is 8.69. The molecule has 3 aromatic carbocycles. The molecule has 0 heterocycles. The second-order valence-corrected chi connectivity index (χ2v) is 10.4. The van der Waals surface area contributed by atoms with Crippen molar-refractivity contribution in [2.24, 2.45) is 0 Å². The van der Waals surface area contributed by atoms with E-state index in [1.165, 1.54) is 43.5 Å². The fraction of sp³-hybridized carbons (Fsp3) is 0.269. The highest BCUT2D eigenvalue weighted by atomic mass is 32.2. The van der Waals surface area contributed by atoms with E-state index >= 15 is 0 Å². The van der Waals surface area contributed by atoms with E-state index in [2.05, 4.69) is 4.72 Å². The van der Waals surface area contributed by atoms with Crippen LogP contribution in [0.1, 0.15) is 28.8 Å². The van der Waals surface area contributed by atoms with E-state index in [0.717, 1.165) is 24.1 Å². The topological polar surface area (TPSA) is 79.0 Å². The fourth-order valence-corrected chi connectivity index (χ4v) is 4.93. The summed E-state index contributed by atoms with van der Waals surface area (Å²) >= 11 is 0. The third kappa shape index (κ3) is 5.74. The Hall–Kier alpha value is -3.59. The molecule has 0 aliphatic heterocycles. The predicted molar refractivity (Wildman–Crippen MR) is 134 cm³/mol. The Kier molecular flexibility index (Phi) is 6.98. The Labute approximate surface area is 205 Å². The number of nitrogens with zero attached hydrogens (tertiary/aromatic N) is 2. The highest BCUT2D eigenvalue weighted by Crippen LogP contribution is 2.33. The number of carbonyl (C=O) groups excluding carboxylic acids is 1. The lowest BCUT2D eigenvalue weighted by molar-refractivity contribution is 0.0730. The number of halogens is 1. The van der Waals surface area contributed by atoms with Crippen molar-refractivity contribution in [3.05, 3.63) is 83.7 Å². The molecular formula is C26H28FN3O4S. The maximum absolute atomic E-state index is 13.4. The zero-order chi connectivity index (χ0) is 25.2. The van der Waals surface area contributed by atoms with Gasteiger partial charge < -0.3 is 14.5 Å². The number of anilines is 2.